The Morgan fingerprint density at radius 3 is 2.55 bits per heavy atom. The number of benzene rings is 2. The van der Waals surface area contributed by atoms with E-state index in [9.17, 15) is 9.18 Å². The van der Waals surface area contributed by atoms with Crippen molar-refractivity contribution in [3.63, 3.8) is 0 Å². The fraction of sp³-hybridized carbons (Fsp3) is 0.333. The average molecular weight is 464 g/mol. The third kappa shape index (κ3) is 5.38. The molecular weight excluding hydrogens is 433 g/mol. The van der Waals surface area contributed by atoms with Crippen LogP contribution in [0, 0.1) is 12.7 Å². The molecule has 0 N–H and O–H groups in total. The summed E-state index contributed by atoms with van der Waals surface area (Å²) in [6.45, 7) is 7.83. The molecule has 0 unspecified atom stereocenters. The number of amides is 1. The summed E-state index contributed by atoms with van der Waals surface area (Å²) in [5.74, 6) is 1.67. The molecule has 0 aliphatic carbocycles. The molecule has 1 aromatic heterocycles. The quantitative estimate of drug-likeness (QED) is 0.430. The highest BCUT2D eigenvalue weighted by molar-refractivity contribution is 8.03. The summed E-state index contributed by atoms with van der Waals surface area (Å²) in [7, 11) is 0. The maximum atomic E-state index is 13.8. The van der Waals surface area contributed by atoms with Crippen LogP contribution in [0.3, 0.4) is 0 Å². The lowest BCUT2D eigenvalue weighted by Gasteiger charge is -2.21. The molecule has 2 heterocycles. The predicted molar refractivity (Wildman–Crippen MR) is 134 cm³/mol. The Morgan fingerprint density at radius 1 is 1.06 bits per heavy atom. The van der Waals surface area contributed by atoms with Gasteiger partial charge in [0.15, 0.2) is 0 Å². The zero-order valence-electron chi connectivity index (χ0n) is 19.5. The minimum Gasteiger partial charge on any atom is -0.340 e. The van der Waals surface area contributed by atoms with E-state index >= 15 is 0 Å². The summed E-state index contributed by atoms with van der Waals surface area (Å²) in [6.07, 6.45) is 3.75. The molecule has 172 valence electrons. The lowest BCUT2D eigenvalue weighted by atomic mass is 10.1. The third-order valence-corrected chi connectivity index (χ3v) is 7.27. The van der Waals surface area contributed by atoms with E-state index in [-0.39, 0.29) is 18.3 Å². The third-order valence-electron chi connectivity index (χ3n) is 6.08. The number of halogens is 1. The number of imidazole rings is 1. The van der Waals surface area contributed by atoms with Gasteiger partial charge in [0.05, 0.1) is 5.69 Å². The van der Waals surface area contributed by atoms with Crippen molar-refractivity contribution in [2.75, 3.05) is 18.8 Å². The van der Waals surface area contributed by atoms with Gasteiger partial charge >= 0.3 is 0 Å². The molecule has 1 aliphatic heterocycles. The van der Waals surface area contributed by atoms with E-state index in [0.717, 1.165) is 54.3 Å². The number of thioether (sulfide) groups is 1. The Bertz CT molecular complexity index is 1170. The zero-order valence-corrected chi connectivity index (χ0v) is 20.3. The molecule has 4 nitrogen and oxygen atoms in total. The first-order chi connectivity index (χ1) is 16.0. The van der Waals surface area contributed by atoms with Crippen LogP contribution in [0.2, 0.25) is 0 Å². The standard InChI is InChI=1S/C27H30FN3OS/c1-4-33-25-13-15-30(14-12-19(25)2)26(32)18-31-17-24(22-10-11-23(28)20(3)16-22)29-27(31)21-8-6-5-7-9-21/h5-11,16-17H,4,12-15,18H2,1-3H3. The van der Waals surface area contributed by atoms with Gasteiger partial charge in [0, 0.05) is 30.4 Å². The molecule has 33 heavy (non-hydrogen) atoms. The monoisotopic (exact) mass is 463 g/mol. The largest absolute Gasteiger partial charge is 0.340 e. The van der Waals surface area contributed by atoms with Crippen molar-refractivity contribution in [3.05, 3.63) is 76.6 Å². The molecule has 0 spiro atoms. The molecule has 2 aromatic carbocycles. The minimum absolute atomic E-state index is 0.0990. The van der Waals surface area contributed by atoms with Gasteiger partial charge in [-0.3, -0.25) is 4.79 Å². The van der Waals surface area contributed by atoms with E-state index in [4.69, 9.17) is 4.98 Å². The van der Waals surface area contributed by atoms with E-state index in [1.54, 1.807) is 19.1 Å². The summed E-state index contributed by atoms with van der Waals surface area (Å²) in [5, 5.41) is 0. The van der Waals surface area contributed by atoms with Crippen molar-refractivity contribution >= 4 is 17.7 Å². The normalized spacial score (nSPS) is 14.5. The molecule has 6 heteroatoms. The van der Waals surface area contributed by atoms with E-state index in [2.05, 4.69) is 13.8 Å². The fourth-order valence-electron chi connectivity index (χ4n) is 4.17. The average Bonchev–Trinajstić information content (AvgIpc) is 3.14. The Balaban J connectivity index is 1.60. The van der Waals surface area contributed by atoms with Gasteiger partial charge in [-0.2, -0.15) is 0 Å². The van der Waals surface area contributed by atoms with Crippen LogP contribution in [-0.4, -0.2) is 39.2 Å². The van der Waals surface area contributed by atoms with Crippen LogP contribution < -0.4 is 0 Å². The Morgan fingerprint density at radius 2 is 1.82 bits per heavy atom. The highest BCUT2D eigenvalue weighted by Gasteiger charge is 2.21. The topological polar surface area (TPSA) is 38.1 Å². The summed E-state index contributed by atoms with van der Waals surface area (Å²) < 4.78 is 15.7. The lowest BCUT2D eigenvalue weighted by molar-refractivity contribution is -0.131. The zero-order chi connectivity index (χ0) is 23.4. The van der Waals surface area contributed by atoms with Crippen molar-refractivity contribution in [2.24, 2.45) is 0 Å². The van der Waals surface area contributed by atoms with Gasteiger partial charge in [-0.05, 0) is 61.1 Å². The molecule has 0 saturated heterocycles. The summed E-state index contributed by atoms with van der Waals surface area (Å²) in [6, 6.07) is 14.9. The Labute approximate surface area is 199 Å². The number of carbonyl (C=O) groups excluding carboxylic acids is 1. The first-order valence-corrected chi connectivity index (χ1v) is 12.4. The molecule has 0 radical (unpaired) electrons. The first kappa shape index (κ1) is 23.3. The van der Waals surface area contributed by atoms with Crippen LogP contribution in [0.1, 0.15) is 32.3 Å². The molecule has 0 fully saturated rings. The maximum absolute atomic E-state index is 13.8. The highest BCUT2D eigenvalue weighted by Crippen LogP contribution is 2.29. The van der Waals surface area contributed by atoms with Crippen LogP contribution in [0.15, 0.2) is 65.2 Å². The summed E-state index contributed by atoms with van der Waals surface area (Å²) in [5.41, 5.74) is 4.50. The molecular formula is C27H30FN3OS. The number of hydrogen-bond acceptors (Lipinski definition) is 3. The van der Waals surface area contributed by atoms with Gasteiger partial charge in [0.1, 0.15) is 18.2 Å². The van der Waals surface area contributed by atoms with Crippen LogP contribution in [-0.2, 0) is 11.3 Å². The molecule has 0 bridgehead atoms. The van der Waals surface area contributed by atoms with Crippen molar-refractivity contribution in [2.45, 2.75) is 40.2 Å². The van der Waals surface area contributed by atoms with E-state index < -0.39 is 0 Å². The number of rotatable bonds is 6. The lowest BCUT2D eigenvalue weighted by Crippen LogP contribution is -2.34. The van der Waals surface area contributed by atoms with Crippen LogP contribution >= 0.6 is 11.8 Å². The van der Waals surface area contributed by atoms with Crippen LogP contribution in [0.25, 0.3) is 22.6 Å². The predicted octanol–water partition coefficient (Wildman–Crippen LogP) is 6.31. The molecule has 1 amide bonds. The van der Waals surface area contributed by atoms with Gasteiger partial charge < -0.3 is 9.47 Å². The van der Waals surface area contributed by atoms with Gasteiger partial charge in [0.25, 0.3) is 0 Å². The minimum atomic E-state index is -0.234. The van der Waals surface area contributed by atoms with Crippen LogP contribution in [0.5, 0.6) is 0 Å². The van der Waals surface area contributed by atoms with Crippen molar-refractivity contribution < 1.29 is 9.18 Å². The second kappa shape index (κ2) is 10.4. The second-order valence-electron chi connectivity index (χ2n) is 8.42. The van der Waals surface area contributed by atoms with Gasteiger partial charge in [0.2, 0.25) is 5.91 Å². The summed E-state index contributed by atoms with van der Waals surface area (Å²) in [4.78, 5) is 21.6. The molecule has 0 saturated carbocycles. The Hall–Kier alpha value is -2.86. The Kier molecular flexibility index (Phi) is 7.33. The molecule has 4 rings (SSSR count). The SMILES string of the molecule is CCSC1=C(C)CCN(C(=O)Cn2cc(-c3ccc(F)c(C)c3)nc2-c2ccccc2)CC1. The smallest absolute Gasteiger partial charge is 0.242 e. The van der Waals surface area contributed by atoms with E-state index in [0.29, 0.717) is 5.56 Å². The maximum Gasteiger partial charge on any atom is 0.242 e. The number of carbonyl (C=O) groups is 1. The van der Waals surface area contributed by atoms with Gasteiger partial charge in [-0.25, -0.2) is 9.37 Å². The first-order valence-electron chi connectivity index (χ1n) is 11.4. The number of hydrogen-bond donors (Lipinski definition) is 0. The van der Waals surface area contributed by atoms with Crippen molar-refractivity contribution in [1.29, 1.82) is 0 Å². The second-order valence-corrected chi connectivity index (χ2v) is 9.78. The van der Waals surface area contributed by atoms with E-state index in [1.807, 2.05) is 57.8 Å². The van der Waals surface area contributed by atoms with E-state index in [1.165, 1.54) is 16.5 Å². The molecule has 3 aromatic rings. The highest BCUT2D eigenvalue weighted by atomic mass is 32.2. The number of aryl methyl sites for hydroxylation is 1. The molecule has 1 aliphatic rings. The summed E-state index contributed by atoms with van der Waals surface area (Å²) >= 11 is 1.89. The fourth-order valence-corrected chi connectivity index (χ4v) is 5.10. The van der Waals surface area contributed by atoms with Crippen LogP contribution in [0.4, 0.5) is 4.39 Å². The van der Waals surface area contributed by atoms with Crippen molar-refractivity contribution in [3.8, 4) is 22.6 Å². The van der Waals surface area contributed by atoms with Gasteiger partial charge in [-0.1, -0.05) is 42.8 Å². The van der Waals surface area contributed by atoms with Gasteiger partial charge in [-0.15, -0.1) is 11.8 Å². The van der Waals surface area contributed by atoms with Crippen molar-refractivity contribution in [1.82, 2.24) is 14.5 Å². The number of aromatic nitrogens is 2. The molecule has 0 atom stereocenters. The number of nitrogens with zero attached hydrogens (tertiary/aromatic N) is 3.